The van der Waals surface area contributed by atoms with E-state index < -0.39 is 0 Å². The minimum atomic E-state index is -0.301. The van der Waals surface area contributed by atoms with E-state index in [1.165, 1.54) is 0 Å². The monoisotopic (exact) mass is 224 g/mol. The zero-order chi connectivity index (χ0) is 12.0. The topological polar surface area (TPSA) is 84.6 Å². The number of amides is 1. The summed E-state index contributed by atoms with van der Waals surface area (Å²) < 4.78 is 5.32. The van der Waals surface area contributed by atoms with Gasteiger partial charge in [0.1, 0.15) is 0 Å². The van der Waals surface area contributed by atoms with Gasteiger partial charge in [0.15, 0.2) is 5.75 Å². The maximum atomic E-state index is 11.7. The Kier molecular flexibility index (Phi) is 4.60. The second kappa shape index (κ2) is 5.97. The van der Waals surface area contributed by atoms with E-state index in [0.29, 0.717) is 23.6 Å². The van der Waals surface area contributed by atoms with Crippen molar-refractivity contribution in [1.82, 2.24) is 5.32 Å². The molecule has 0 atom stereocenters. The Morgan fingerprint density at radius 2 is 2.31 bits per heavy atom. The molecule has 1 amide bonds. The third-order valence-electron chi connectivity index (χ3n) is 1.98. The van der Waals surface area contributed by atoms with Crippen molar-refractivity contribution in [2.75, 3.05) is 25.5 Å². The van der Waals surface area contributed by atoms with Gasteiger partial charge in [0, 0.05) is 6.54 Å². The number of carbonyl (C=O) groups is 1. The van der Waals surface area contributed by atoms with Gasteiger partial charge in [0.05, 0.1) is 24.5 Å². The summed E-state index contributed by atoms with van der Waals surface area (Å²) in [6.45, 7) is 2.37. The smallest absolute Gasteiger partial charge is 0.255 e. The van der Waals surface area contributed by atoms with Gasteiger partial charge in [-0.1, -0.05) is 6.07 Å². The molecule has 0 spiro atoms. The fourth-order valence-corrected chi connectivity index (χ4v) is 1.30. The summed E-state index contributed by atoms with van der Waals surface area (Å²) >= 11 is 0. The molecular formula is C11H16N2O3. The first kappa shape index (κ1) is 12.3. The minimum absolute atomic E-state index is 0.0992. The standard InChI is InChI=1S/C11H16N2O3/c1-2-16-10-8(4-3-5-9(10)12)11(15)13-6-7-14/h3-5,14H,2,6-7,12H2,1H3,(H,13,15). The molecule has 0 radical (unpaired) electrons. The van der Waals surface area contributed by atoms with Crippen molar-refractivity contribution in [3.05, 3.63) is 23.8 Å². The quantitative estimate of drug-likeness (QED) is 0.632. The molecule has 0 heterocycles. The van der Waals surface area contributed by atoms with Crippen LogP contribution >= 0.6 is 0 Å². The van der Waals surface area contributed by atoms with Crippen molar-refractivity contribution in [3.8, 4) is 5.75 Å². The highest BCUT2D eigenvalue weighted by Gasteiger charge is 2.13. The van der Waals surface area contributed by atoms with Crippen LogP contribution in [0.3, 0.4) is 0 Å². The van der Waals surface area contributed by atoms with Crippen LogP contribution in [-0.4, -0.2) is 30.8 Å². The van der Waals surface area contributed by atoms with Gasteiger partial charge in [-0.25, -0.2) is 0 Å². The molecule has 1 aromatic rings. The summed E-state index contributed by atoms with van der Waals surface area (Å²) in [6, 6.07) is 4.99. The molecule has 88 valence electrons. The van der Waals surface area contributed by atoms with Crippen LogP contribution in [0.2, 0.25) is 0 Å². The molecule has 0 bridgehead atoms. The zero-order valence-electron chi connectivity index (χ0n) is 9.19. The van der Waals surface area contributed by atoms with Crippen molar-refractivity contribution in [1.29, 1.82) is 0 Å². The molecule has 16 heavy (non-hydrogen) atoms. The number of rotatable bonds is 5. The number of nitrogens with two attached hydrogens (primary N) is 1. The number of para-hydroxylation sites is 1. The van der Waals surface area contributed by atoms with Crippen LogP contribution in [-0.2, 0) is 0 Å². The number of hydrogen-bond acceptors (Lipinski definition) is 4. The van der Waals surface area contributed by atoms with Crippen LogP contribution < -0.4 is 15.8 Å². The normalized spacial score (nSPS) is 9.88. The average Bonchev–Trinajstić information content (AvgIpc) is 2.29. The first-order valence-corrected chi connectivity index (χ1v) is 5.11. The van der Waals surface area contributed by atoms with Gasteiger partial charge in [-0.3, -0.25) is 4.79 Å². The lowest BCUT2D eigenvalue weighted by Gasteiger charge is -2.12. The maximum Gasteiger partial charge on any atom is 0.255 e. The molecular weight excluding hydrogens is 208 g/mol. The number of aliphatic hydroxyl groups excluding tert-OH is 1. The highest BCUT2D eigenvalue weighted by Crippen LogP contribution is 2.26. The first-order chi connectivity index (χ1) is 7.70. The van der Waals surface area contributed by atoms with Crippen molar-refractivity contribution in [3.63, 3.8) is 0 Å². The Morgan fingerprint density at radius 1 is 1.56 bits per heavy atom. The second-order valence-electron chi connectivity index (χ2n) is 3.14. The van der Waals surface area contributed by atoms with Gasteiger partial charge in [-0.2, -0.15) is 0 Å². The fraction of sp³-hybridized carbons (Fsp3) is 0.364. The number of benzene rings is 1. The highest BCUT2D eigenvalue weighted by molar-refractivity contribution is 5.98. The molecule has 5 heteroatoms. The SMILES string of the molecule is CCOc1c(N)cccc1C(=O)NCCO. The predicted molar refractivity (Wildman–Crippen MR) is 61.4 cm³/mol. The van der Waals surface area contributed by atoms with E-state index in [-0.39, 0.29) is 19.1 Å². The number of ether oxygens (including phenoxy) is 1. The van der Waals surface area contributed by atoms with E-state index in [2.05, 4.69) is 5.32 Å². The van der Waals surface area contributed by atoms with Gasteiger partial charge in [-0.05, 0) is 19.1 Å². The van der Waals surface area contributed by atoms with Crippen LogP contribution in [0.25, 0.3) is 0 Å². The van der Waals surface area contributed by atoms with E-state index in [1.807, 2.05) is 6.92 Å². The molecule has 0 saturated heterocycles. The van der Waals surface area contributed by atoms with E-state index >= 15 is 0 Å². The van der Waals surface area contributed by atoms with E-state index in [1.54, 1.807) is 18.2 Å². The Balaban J connectivity index is 2.93. The summed E-state index contributed by atoms with van der Waals surface area (Å²) in [6.07, 6.45) is 0. The van der Waals surface area contributed by atoms with Crippen LogP contribution in [0.1, 0.15) is 17.3 Å². The third kappa shape index (κ3) is 2.87. The van der Waals surface area contributed by atoms with Crippen molar-refractivity contribution < 1.29 is 14.6 Å². The lowest BCUT2D eigenvalue weighted by molar-refractivity contribution is 0.0941. The summed E-state index contributed by atoms with van der Waals surface area (Å²) in [5, 5.41) is 11.2. The van der Waals surface area contributed by atoms with Gasteiger partial charge in [-0.15, -0.1) is 0 Å². The Labute approximate surface area is 94.2 Å². The summed E-state index contributed by atoms with van der Waals surface area (Å²) in [5.41, 5.74) is 6.53. The molecule has 0 aromatic heterocycles. The van der Waals surface area contributed by atoms with E-state index in [4.69, 9.17) is 15.6 Å². The molecule has 0 aliphatic rings. The number of anilines is 1. The number of hydrogen-bond donors (Lipinski definition) is 3. The Bertz CT molecular complexity index is 366. The Hall–Kier alpha value is -1.75. The van der Waals surface area contributed by atoms with Gasteiger partial charge < -0.3 is 20.9 Å². The minimum Gasteiger partial charge on any atom is -0.491 e. The summed E-state index contributed by atoms with van der Waals surface area (Å²) in [5.74, 6) is 0.0882. The maximum absolute atomic E-state index is 11.7. The average molecular weight is 224 g/mol. The predicted octanol–water partition coefficient (Wildman–Crippen LogP) is 0.390. The van der Waals surface area contributed by atoms with E-state index in [0.717, 1.165) is 0 Å². The number of carbonyl (C=O) groups excluding carboxylic acids is 1. The molecule has 0 aliphatic carbocycles. The van der Waals surface area contributed by atoms with Gasteiger partial charge >= 0.3 is 0 Å². The van der Waals surface area contributed by atoms with Crippen LogP contribution in [0, 0.1) is 0 Å². The molecule has 1 rings (SSSR count). The van der Waals surface area contributed by atoms with Crippen LogP contribution in [0.4, 0.5) is 5.69 Å². The summed E-state index contributed by atoms with van der Waals surface area (Å²) in [7, 11) is 0. The van der Waals surface area contributed by atoms with Gasteiger partial charge in [0.25, 0.3) is 5.91 Å². The lowest BCUT2D eigenvalue weighted by Crippen LogP contribution is -2.27. The molecule has 0 saturated carbocycles. The van der Waals surface area contributed by atoms with Crippen molar-refractivity contribution >= 4 is 11.6 Å². The Morgan fingerprint density at radius 3 is 2.94 bits per heavy atom. The zero-order valence-corrected chi connectivity index (χ0v) is 9.19. The van der Waals surface area contributed by atoms with Crippen molar-refractivity contribution in [2.24, 2.45) is 0 Å². The summed E-state index contributed by atoms with van der Waals surface area (Å²) in [4.78, 5) is 11.7. The van der Waals surface area contributed by atoms with Crippen LogP contribution in [0.15, 0.2) is 18.2 Å². The molecule has 1 aromatic carbocycles. The molecule has 0 unspecified atom stereocenters. The van der Waals surface area contributed by atoms with E-state index in [9.17, 15) is 4.79 Å². The number of nitrogens with one attached hydrogen (secondary N) is 1. The van der Waals surface area contributed by atoms with Crippen LogP contribution in [0.5, 0.6) is 5.75 Å². The highest BCUT2D eigenvalue weighted by atomic mass is 16.5. The molecule has 5 nitrogen and oxygen atoms in total. The first-order valence-electron chi connectivity index (χ1n) is 5.11. The lowest BCUT2D eigenvalue weighted by atomic mass is 10.1. The molecule has 0 aliphatic heterocycles. The van der Waals surface area contributed by atoms with Gasteiger partial charge in [0.2, 0.25) is 0 Å². The largest absolute Gasteiger partial charge is 0.491 e. The second-order valence-corrected chi connectivity index (χ2v) is 3.14. The molecule has 0 fully saturated rings. The number of nitrogen functional groups attached to an aromatic ring is 1. The third-order valence-corrected chi connectivity index (χ3v) is 1.98. The fourth-order valence-electron chi connectivity index (χ4n) is 1.30. The molecule has 4 N–H and O–H groups in total. The van der Waals surface area contributed by atoms with Crippen molar-refractivity contribution in [2.45, 2.75) is 6.92 Å². The number of aliphatic hydroxyl groups is 1.